The van der Waals surface area contributed by atoms with Crippen LogP contribution in [-0.4, -0.2) is 22.7 Å². The predicted molar refractivity (Wildman–Crippen MR) is 48.2 cm³/mol. The summed E-state index contributed by atoms with van der Waals surface area (Å²) in [7, 11) is 0. The molecule has 2 rings (SSSR count). The smallest absolute Gasteiger partial charge is 0.251 e. The van der Waals surface area contributed by atoms with E-state index in [1.165, 1.54) is 0 Å². The van der Waals surface area contributed by atoms with Crippen molar-refractivity contribution in [2.24, 2.45) is 5.92 Å². The van der Waals surface area contributed by atoms with E-state index < -0.39 is 16.6 Å². The van der Waals surface area contributed by atoms with Gasteiger partial charge in [0.2, 0.25) is 0 Å². The first-order valence-electron chi connectivity index (χ1n) is 4.56. The normalized spacial score (nSPS) is 41.8. The molecule has 1 aliphatic heterocycles. The summed E-state index contributed by atoms with van der Waals surface area (Å²) in [5.74, 6) is -2.06. The first kappa shape index (κ1) is 9.44. The second-order valence-electron chi connectivity index (χ2n) is 4.00. The van der Waals surface area contributed by atoms with E-state index in [4.69, 9.17) is 0 Å². The van der Waals surface area contributed by atoms with E-state index in [0.29, 0.717) is 6.42 Å². The summed E-state index contributed by atoms with van der Waals surface area (Å²) >= 11 is 1.56. The number of alkyl halides is 2. The molecule has 74 valence electrons. The highest BCUT2D eigenvalue weighted by molar-refractivity contribution is 8.01. The summed E-state index contributed by atoms with van der Waals surface area (Å²) in [6, 6.07) is 0. The maximum Gasteiger partial charge on any atom is 0.251 e. The summed E-state index contributed by atoms with van der Waals surface area (Å²) < 4.78 is 24.8. The van der Waals surface area contributed by atoms with Crippen LogP contribution >= 0.6 is 11.8 Å². The number of carbonyl (C=O) groups excluding carboxylic acids is 1. The van der Waals surface area contributed by atoms with Crippen LogP contribution in [0.25, 0.3) is 0 Å². The molecule has 0 amide bonds. The van der Waals surface area contributed by atoms with Gasteiger partial charge in [-0.1, -0.05) is 0 Å². The van der Waals surface area contributed by atoms with Crippen LogP contribution in [0.4, 0.5) is 8.78 Å². The summed E-state index contributed by atoms with van der Waals surface area (Å²) in [5.41, 5.74) is 0. The minimum atomic E-state index is -2.47. The zero-order chi connectivity index (χ0) is 9.53. The Bertz CT molecular complexity index is 224. The third kappa shape index (κ3) is 1.73. The fourth-order valence-corrected chi connectivity index (χ4v) is 3.30. The number of hydrogen-bond donors (Lipinski definition) is 0. The Morgan fingerprint density at radius 2 is 2.23 bits per heavy atom. The number of aldehydes is 1. The minimum absolute atomic E-state index is 0.0108. The fourth-order valence-electron chi connectivity index (χ4n) is 1.93. The van der Waals surface area contributed by atoms with Gasteiger partial charge in [-0.25, -0.2) is 8.78 Å². The summed E-state index contributed by atoms with van der Waals surface area (Å²) in [6.45, 7) is 0. The molecule has 1 saturated carbocycles. The summed E-state index contributed by atoms with van der Waals surface area (Å²) in [4.78, 5) is 10.8. The van der Waals surface area contributed by atoms with Gasteiger partial charge in [0.1, 0.15) is 6.29 Å². The van der Waals surface area contributed by atoms with E-state index in [1.54, 1.807) is 11.8 Å². The summed E-state index contributed by atoms with van der Waals surface area (Å²) in [5, 5.41) is 0. The Balaban J connectivity index is 1.95. The predicted octanol–water partition coefficient (Wildman–Crippen LogP) is 2.50. The Hall–Kier alpha value is -0.120. The van der Waals surface area contributed by atoms with Crippen molar-refractivity contribution in [3.05, 3.63) is 0 Å². The van der Waals surface area contributed by atoms with Crippen molar-refractivity contribution in [2.75, 3.05) is 5.75 Å². The van der Waals surface area contributed by atoms with Gasteiger partial charge >= 0.3 is 0 Å². The van der Waals surface area contributed by atoms with Crippen molar-refractivity contribution in [3.63, 3.8) is 0 Å². The van der Waals surface area contributed by atoms with E-state index in [1.807, 2.05) is 0 Å². The minimum Gasteiger partial charge on any atom is -0.302 e. The monoisotopic (exact) mass is 206 g/mol. The van der Waals surface area contributed by atoms with E-state index in [2.05, 4.69) is 0 Å². The number of rotatable bonds is 3. The number of hydrogen-bond acceptors (Lipinski definition) is 2. The van der Waals surface area contributed by atoms with Crippen molar-refractivity contribution in [1.82, 2.24) is 0 Å². The number of thioether (sulfide) groups is 1. The van der Waals surface area contributed by atoms with Gasteiger partial charge in [0.05, 0.1) is 4.75 Å². The first-order chi connectivity index (χ1) is 6.08. The maximum atomic E-state index is 12.6. The van der Waals surface area contributed by atoms with Gasteiger partial charge in [-0.3, -0.25) is 0 Å². The molecule has 1 heterocycles. The molecule has 1 saturated heterocycles. The SMILES string of the molecule is O=CC1(CC2CC2(F)F)CCCS1. The van der Waals surface area contributed by atoms with Gasteiger partial charge in [0, 0.05) is 12.3 Å². The van der Waals surface area contributed by atoms with Gasteiger partial charge in [0.15, 0.2) is 0 Å². The fraction of sp³-hybridized carbons (Fsp3) is 0.889. The third-order valence-electron chi connectivity index (χ3n) is 2.90. The van der Waals surface area contributed by atoms with Crippen LogP contribution in [0.2, 0.25) is 0 Å². The zero-order valence-electron chi connectivity index (χ0n) is 7.26. The van der Waals surface area contributed by atoms with Gasteiger partial charge in [0.25, 0.3) is 5.92 Å². The van der Waals surface area contributed by atoms with Gasteiger partial charge in [-0.15, -0.1) is 11.8 Å². The van der Waals surface area contributed by atoms with Gasteiger partial charge in [-0.05, 0) is 25.0 Å². The maximum absolute atomic E-state index is 12.6. The van der Waals surface area contributed by atoms with Gasteiger partial charge < -0.3 is 4.79 Å². The lowest BCUT2D eigenvalue weighted by Crippen LogP contribution is -2.24. The quantitative estimate of drug-likeness (QED) is 0.660. The zero-order valence-corrected chi connectivity index (χ0v) is 8.08. The lowest BCUT2D eigenvalue weighted by atomic mass is 9.98. The molecular formula is C9H12F2OS. The van der Waals surface area contributed by atoms with Crippen molar-refractivity contribution >= 4 is 18.0 Å². The second kappa shape index (κ2) is 2.94. The van der Waals surface area contributed by atoms with Crippen LogP contribution in [-0.2, 0) is 4.79 Å². The molecule has 0 aromatic rings. The van der Waals surface area contributed by atoms with E-state index in [9.17, 15) is 13.6 Å². The molecule has 0 spiro atoms. The van der Waals surface area contributed by atoms with Crippen molar-refractivity contribution < 1.29 is 13.6 Å². The molecule has 1 aliphatic carbocycles. The molecule has 2 fully saturated rings. The topological polar surface area (TPSA) is 17.1 Å². The molecular weight excluding hydrogens is 194 g/mol. The Morgan fingerprint density at radius 3 is 2.62 bits per heavy atom. The van der Waals surface area contributed by atoms with E-state index in [-0.39, 0.29) is 6.42 Å². The Morgan fingerprint density at radius 1 is 1.54 bits per heavy atom. The van der Waals surface area contributed by atoms with Crippen molar-refractivity contribution in [1.29, 1.82) is 0 Å². The summed E-state index contributed by atoms with van der Waals surface area (Å²) in [6.07, 6.45) is 3.03. The van der Waals surface area contributed by atoms with Crippen LogP contribution < -0.4 is 0 Å². The molecule has 1 nitrogen and oxygen atoms in total. The van der Waals surface area contributed by atoms with Gasteiger partial charge in [-0.2, -0.15) is 0 Å². The molecule has 0 radical (unpaired) electrons. The Kier molecular flexibility index (Phi) is 2.13. The molecule has 0 aromatic carbocycles. The van der Waals surface area contributed by atoms with E-state index >= 15 is 0 Å². The lowest BCUT2D eigenvalue weighted by Gasteiger charge is -2.20. The van der Waals surface area contributed by atoms with Crippen LogP contribution in [0.3, 0.4) is 0 Å². The van der Waals surface area contributed by atoms with E-state index in [0.717, 1.165) is 24.9 Å². The van der Waals surface area contributed by atoms with Crippen LogP contribution in [0, 0.1) is 5.92 Å². The molecule has 2 atom stereocenters. The van der Waals surface area contributed by atoms with Crippen LogP contribution in [0.15, 0.2) is 0 Å². The largest absolute Gasteiger partial charge is 0.302 e. The first-order valence-corrected chi connectivity index (χ1v) is 5.55. The van der Waals surface area contributed by atoms with Crippen LogP contribution in [0.1, 0.15) is 25.7 Å². The molecule has 4 heteroatoms. The van der Waals surface area contributed by atoms with Crippen LogP contribution in [0.5, 0.6) is 0 Å². The average Bonchev–Trinajstić information content (AvgIpc) is 2.52. The molecule has 2 aliphatic rings. The second-order valence-corrected chi connectivity index (χ2v) is 5.51. The standard InChI is InChI=1S/C9H12F2OS/c10-9(11)5-7(9)4-8(6-12)2-1-3-13-8/h6-7H,1-5H2. The highest BCUT2D eigenvalue weighted by Gasteiger charge is 2.59. The third-order valence-corrected chi connectivity index (χ3v) is 4.43. The highest BCUT2D eigenvalue weighted by Crippen LogP contribution is 2.55. The highest BCUT2D eigenvalue weighted by atomic mass is 32.2. The van der Waals surface area contributed by atoms with Crippen molar-refractivity contribution in [3.8, 4) is 0 Å². The molecule has 0 bridgehead atoms. The molecule has 13 heavy (non-hydrogen) atoms. The molecule has 0 N–H and O–H groups in total. The Labute approximate surface area is 80.3 Å². The number of halogens is 2. The lowest BCUT2D eigenvalue weighted by molar-refractivity contribution is -0.110. The average molecular weight is 206 g/mol. The number of carbonyl (C=O) groups is 1. The molecule has 2 unspecified atom stereocenters. The van der Waals surface area contributed by atoms with Crippen molar-refractivity contribution in [2.45, 2.75) is 36.4 Å². The molecule has 0 aromatic heterocycles.